The molecule has 120 valence electrons. The molecule has 0 bridgehead atoms. The summed E-state index contributed by atoms with van der Waals surface area (Å²) < 4.78 is 5.58. The zero-order chi connectivity index (χ0) is 15.2. The van der Waals surface area contributed by atoms with E-state index in [0.717, 1.165) is 45.4 Å². The molecule has 0 spiro atoms. The molecule has 2 aliphatic rings. The molecule has 1 saturated carbocycles. The van der Waals surface area contributed by atoms with E-state index in [1.807, 2.05) is 11.8 Å². The number of hydrogen-bond donors (Lipinski definition) is 2. The Balaban J connectivity index is 1.70. The first kappa shape index (κ1) is 16.1. The number of likely N-dealkylation sites (tertiary alicyclic amines) is 1. The number of nitrogens with zero attached hydrogens (tertiary/aromatic N) is 1. The molecule has 21 heavy (non-hydrogen) atoms. The van der Waals surface area contributed by atoms with Gasteiger partial charge in [0, 0.05) is 25.7 Å². The van der Waals surface area contributed by atoms with Gasteiger partial charge < -0.3 is 20.1 Å². The lowest BCUT2D eigenvalue weighted by molar-refractivity contribution is -0.142. The fourth-order valence-corrected chi connectivity index (χ4v) is 3.21. The van der Waals surface area contributed by atoms with Crippen molar-refractivity contribution >= 4 is 12.0 Å². The third-order valence-electron chi connectivity index (χ3n) is 4.54. The second-order valence-electron chi connectivity index (χ2n) is 5.98. The Morgan fingerprint density at radius 1 is 1.14 bits per heavy atom. The van der Waals surface area contributed by atoms with Gasteiger partial charge in [0.2, 0.25) is 0 Å². The number of aliphatic carboxylic acids is 1. The van der Waals surface area contributed by atoms with Crippen LogP contribution in [0.3, 0.4) is 0 Å². The molecule has 1 aliphatic carbocycles. The van der Waals surface area contributed by atoms with Gasteiger partial charge in [0.05, 0.1) is 12.0 Å². The Hall–Kier alpha value is -1.30. The normalized spacial score (nSPS) is 27.4. The third-order valence-corrected chi connectivity index (χ3v) is 4.54. The molecule has 0 aromatic carbocycles. The smallest absolute Gasteiger partial charge is 0.317 e. The number of piperidine rings is 1. The van der Waals surface area contributed by atoms with Crippen LogP contribution in [0.1, 0.15) is 45.4 Å². The first-order chi connectivity index (χ1) is 10.1. The van der Waals surface area contributed by atoms with E-state index in [9.17, 15) is 9.59 Å². The molecule has 2 fully saturated rings. The highest BCUT2D eigenvalue weighted by Crippen LogP contribution is 2.24. The van der Waals surface area contributed by atoms with Crippen LogP contribution in [0.25, 0.3) is 0 Å². The van der Waals surface area contributed by atoms with Crippen molar-refractivity contribution in [1.82, 2.24) is 10.2 Å². The highest BCUT2D eigenvalue weighted by atomic mass is 16.5. The van der Waals surface area contributed by atoms with Gasteiger partial charge >= 0.3 is 12.0 Å². The van der Waals surface area contributed by atoms with Gasteiger partial charge in [-0.2, -0.15) is 0 Å². The molecule has 0 atom stereocenters. The monoisotopic (exact) mass is 298 g/mol. The molecule has 0 radical (unpaired) electrons. The molecule has 6 heteroatoms. The Morgan fingerprint density at radius 2 is 1.76 bits per heavy atom. The summed E-state index contributed by atoms with van der Waals surface area (Å²) in [6, 6.07) is 0.112. The van der Waals surface area contributed by atoms with E-state index in [0.29, 0.717) is 12.8 Å². The Kier molecular flexibility index (Phi) is 5.85. The number of amides is 2. The molecule has 1 saturated heterocycles. The fraction of sp³-hybridized carbons (Fsp3) is 0.867. The number of nitrogens with one attached hydrogen (secondary N) is 1. The lowest BCUT2D eigenvalue weighted by Gasteiger charge is -2.34. The van der Waals surface area contributed by atoms with E-state index in [-0.39, 0.29) is 24.1 Å². The quantitative estimate of drug-likeness (QED) is 0.830. The zero-order valence-electron chi connectivity index (χ0n) is 12.7. The summed E-state index contributed by atoms with van der Waals surface area (Å²) in [5.74, 6) is -0.946. The summed E-state index contributed by atoms with van der Waals surface area (Å²) in [5, 5.41) is 12.0. The summed E-state index contributed by atoms with van der Waals surface area (Å²) in [6.07, 6.45) is 4.92. The van der Waals surface area contributed by atoms with E-state index in [1.54, 1.807) is 0 Å². The summed E-state index contributed by atoms with van der Waals surface area (Å²) in [7, 11) is 0. The molecule has 0 aromatic heterocycles. The molecule has 2 amide bonds. The first-order valence-electron chi connectivity index (χ1n) is 8.00. The van der Waals surface area contributed by atoms with E-state index in [4.69, 9.17) is 9.84 Å². The summed E-state index contributed by atoms with van der Waals surface area (Å²) in [5.41, 5.74) is 0. The standard InChI is InChI=1S/C15H26N2O4/c1-2-21-13-7-9-17(10-8-13)15(20)16-12-5-3-11(4-6-12)14(18)19/h11-13H,2-10H2,1H3,(H,16,20)(H,18,19). The average Bonchev–Trinajstić information content (AvgIpc) is 2.49. The van der Waals surface area contributed by atoms with Crippen molar-refractivity contribution in [2.75, 3.05) is 19.7 Å². The van der Waals surface area contributed by atoms with Gasteiger partial charge in [-0.3, -0.25) is 4.79 Å². The van der Waals surface area contributed by atoms with Crippen LogP contribution >= 0.6 is 0 Å². The van der Waals surface area contributed by atoms with Crippen LogP contribution in [0.15, 0.2) is 0 Å². The maximum absolute atomic E-state index is 12.2. The Bertz CT molecular complexity index is 359. The van der Waals surface area contributed by atoms with Gasteiger partial charge in [0.25, 0.3) is 0 Å². The van der Waals surface area contributed by atoms with E-state index < -0.39 is 5.97 Å². The van der Waals surface area contributed by atoms with Gasteiger partial charge in [-0.15, -0.1) is 0 Å². The van der Waals surface area contributed by atoms with Gasteiger partial charge in [-0.05, 0) is 45.4 Å². The summed E-state index contributed by atoms with van der Waals surface area (Å²) in [4.78, 5) is 25.0. The molecule has 1 heterocycles. The maximum Gasteiger partial charge on any atom is 0.317 e. The number of urea groups is 1. The topological polar surface area (TPSA) is 78.9 Å². The molecular formula is C15H26N2O4. The molecule has 6 nitrogen and oxygen atoms in total. The van der Waals surface area contributed by atoms with Crippen molar-refractivity contribution in [3.8, 4) is 0 Å². The second-order valence-corrected chi connectivity index (χ2v) is 5.98. The van der Waals surface area contributed by atoms with Gasteiger partial charge in [-0.25, -0.2) is 4.79 Å². The minimum absolute atomic E-state index is 0.0104. The second kappa shape index (κ2) is 7.64. The van der Waals surface area contributed by atoms with E-state index >= 15 is 0 Å². The molecule has 0 aromatic rings. The predicted molar refractivity (Wildman–Crippen MR) is 78.1 cm³/mol. The minimum Gasteiger partial charge on any atom is -0.481 e. The van der Waals surface area contributed by atoms with Gasteiger partial charge in [0.15, 0.2) is 0 Å². The lowest BCUT2D eigenvalue weighted by Crippen LogP contribution is -2.49. The molecule has 0 unspecified atom stereocenters. The predicted octanol–water partition coefficient (Wildman–Crippen LogP) is 1.84. The number of carboxylic acids is 1. The first-order valence-corrected chi connectivity index (χ1v) is 8.00. The van der Waals surface area contributed by atoms with Crippen molar-refractivity contribution in [2.45, 2.75) is 57.6 Å². The van der Waals surface area contributed by atoms with Gasteiger partial charge in [0.1, 0.15) is 0 Å². The van der Waals surface area contributed by atoms with Crippen LogP contribution in [0.4, 0.5) is 4.79 Å². The number of hydrogen-bond acceptors (Lipinski definition) is 3. The lowest BCUT2D eigenvalue weighted by atomic mass is 9.86. The Morgan fingerprint density at radius 3 is 2.29 bits per heavy atom. The van der Waals surface area contributed by atoms with Crippen molar-refractivity contribution in [2.24, 2.45) is 5.92 Å². The average molecular weight is 298 g/mol. The largest absolute Gasteiger partial charge is 0.481 e. The number of ether oxygens (including phenoxy) is 1. The SMILES string of the molecule is CCOC1CCN(C(=O)NC2CCC(C(=O)O)CC2)CC1. The molecular weight excluding hydrogens is 272 g/mol. The van der Waals surface area contributed by atoms with Crippen LogP contribution in [-0.4, -0.2) is 53.8 Å². The van der Waals surface area contributed by atoms with Crippen molar-refractivity contribution in [3.05, 3.63) is 0 Å². The third kappa shape index (κ3) is 4.59. The maximum atomic E-state index is 12.2. The van der Waals surface area contributed by atoms with Crippen molar-refractivity contribution in [1.29, 1.82) is 0 Å². The van der Waals surface area contributed by atoms with E-state index in [2.05, 4.69) is 5.32 Å². The molecule has 1 aliphatic heterocycles. The highest BCUT2D eigenvalue weighted by molar-refractivity contribution is 5.74. The van der Waals surface area contributed by atoms with Crippen LogP contribution in [-0.2, 0) is 9.53 Å². The Labute approximate surface area is 125 Å². The number of carbonyl (C=O) groups excluding carboxylic acids is 1. The van der Waals surface area contributed by atoms with Crippen LogP contribution in [0, 0.1) is 5.92 Å². The van der Waals surface area contributed by atoms with Crippen LogP contribution < -0.4 is 5.32 Å². The summed E-state index contributed by atoms with van der Waals surface area (Å²) in [6.45, 7) is 4.19. The minimum atomic E-state index is -0.710. The fourth-order valence-electron chi connectivity index (χ4n) is 3.21. The number of rotatable bonds is 4. The summed E-state index contributed by atoms with van der Waals surface area (Å²) >= 11 is 0. The number of carboxylic acid groups (broad SMARTS) is 1. The van der Waals surface area contributed by atoms with Crippen LogP contribution in [0.5, 0.6) is 0 Å². The van der Waals surface area contributed by atoms with Crippen LogP contribution in [0.2, 0.25) is 0 Å². The zero-order valence-corrected chi connectivity index (χ0v) is 12.7. The molecule has 2 N–H and O–H groups in total. The van der Waals surface area contributed by atoms with Crippen molar-refractivity contribution in [3.63, 3.8) is 0 Å². The van der Waals surface area contributed by atoms with E-state index in [1.165, 1.54) is 0 Å². The van der Waals surface area contributed by atoms with Gasteiger partial charge in [-0.1, -0.05) is 0 Å². The number of carbonyl (C=O) groups is 2. The molecule has 2 rings (SSSR count). The van der Waals surface area contributed by atoms with Crippen molar-refractivity contribution < 1.29 is 19.4 Å². The highest BCUT2D eigenvalue weighted by Gasteiger charge is 2.29.